The Labute approximate surface area is 423 Å². The van der Waals surface area contributed by atoms with Crippen molar-refractivity contribution in [2.45, 2.75) is 280 Å². The normalized spacial score (nSPS) is 25.7. The van der Waals surface area contributed by atoms with Crippen molar-refractivity contribution in [1.29, 1.82) is 0 Å². The Hall–Kier alpha value is -1.79. The summed E-state index contributed by atoms with van der Waals surface area (Å²) < 4.78 is 34.3. The maximum atomic E-state index is 13.0. The predicted molar refractivity (Wildman–Crippen MR) is 275 cm³/mol. The highest BCUT2D eigenvalue weighted by Gasteiger charge is 2.47. The number of carbonyl (C=O) groups is 1. The first-order chi connectivity index (χ1) is 34.1. The lowest BCUT2D eigenvalue weighted by Crippen LogP contribution is -2.61. The molecule has 14 heteroatoms. The fourth-order valence-corrected chi connectivity index (χ4v) is 8.82. The highest BCUT2D eigenvalue weighted by Crippen LogP contribution is 2.26. The third-order valence-electron chi connectivity index (χ3n) is 13.4. The van der Waals surface area contributed by atoms with Crippen LogP contribution in [0.3, 0.4) is 0 Å². The molecule has 70 heavy (non-hydrogen) atoms. The number of ether oxygens (including phenoxy) is 6. The number of rotatable bonds is 45. The molecule has 2 heterocycles. The summed E-state index contributed by atoms with van der Waals surface area (Å²) in [6, 6.07) is 0. The molecule has 11 atom stereocenters. The summed E-state index contributed by atoms with van der Waals surface area (Å²) in [5, 5.41) is 72.2. The van der Waals surface area contributed by atoms with Gasteiger partial charge in [0.1, 0.15) is 54.9 Å². The van der Waals surface area contributed by atoms with Crippen LogP contribution >= 0.6 is 0 Å². The molecule has 2 rings (SSSR count). The topological polar surface area (TPSA) is 214 Å². The van der Waals surface area contributed by atoms with Gasteiger partial charge >= 0.3 is 5.97 Å². The van der Waals surface area contributed by atoms with Crippen molar-refractivity contribution in [3.63, 3.8) is 0 Å². The van der Waals surface area contributed by atoms with Gasteiger partial charge in [0, 0.05) is 13.0 Å². The van der Waals surface area contributed by atoms with Gasteiger partial charge in [0.05, 0.1) is 26.4 Å². The molecular formula is C56H102O14. The summed E-state index contributed by atoms with van der Waals surface area (Å²) in [7, 11) is 0. The number of esters is 1. The highest BCUT2D eigenvalue weighted by molar-refractivity contribution is 5.69. The monoisotopic (exact) mass is 999 g/mol. The van der Waals surface area contributed by atoms with E-state index in [0.29, 0.717) is 13.0 Å². The molecule has 2 aliphatic rings. The van der Waals surface area contributed by atoms with Crippen molar-refractivity contribution >= 4 is 5.97 Å². The molecule has 0 aromatic rings. The SMILES string of the molecule is CCCCCCC/C=C\C/C=C\C/C=C\CCCCCCCCC(=O)OC(COCCCCCCCCCCCCCCCCC)COC1OC(COC2OC(CO)C(O)C(O)C2O)C(O)C(O)C1O. The van der Waals surface area contributed by atoms with Gasteiger partial charge < -0.3 is 64.2 Å². The van der Waals surface area contributed by atoms with Crippen molar-refractivity contribution in [2.75, 3.05) is 33.0 Å². The molecular weight excluding hydrogens is 897 g/mol. The molecule has 0 aromatic heterocycles. The van der Waals surface area contributed by atoms with Crippen LogP contribution in [-0.2, 0) is 33.2 Å². The van der Waals surface area contributed by atoms with Gasteiger partial charge in [-0.3, -0.25) is 4.79 Å². The first-order valence-corrected chi connectivity index (χ1v) is 28.1. The smallest absolute Gasteiger partial charge is 0.306 e. The molecule has 0 bridgehead atoms. The molecule has 14 nitrogen and oxygen atoms in total. The van der Waals surface area contributed by atoms with Gasteiger partial charge in [-0.05, 0) is 51.4 Å². The summed E-state index contributed by atoms with van der Waals surface area (Å²) in [4.78, 5) is 13.0. The van der Waals surface area contributed by atoms with Crippen molar-refractivity contribution in [1.82, 2.24) is 0 Å². The molecule has 0 amide bonds. The van der Waals surface area contributed by atoms with E-state index in [4.69, 9.17) is 28.4 Å². The molecule has 2 fully saturated rings. The largest absolute Gasteiger partial charge is 0.457 e. The third kappa shape index (κ3) is 30.4. The lowest BCUT2D eigenvalue weighted by molar-refractivity contribution is -0.332. The average Bonchev–Trinajstić information content (AvgIpc) is 3.36. The Balaban J connectivity index is 1.74. The second kappa shape index (κ2) is 43.6. The molecule has 0 saturated carbocycles. The lowest BCUT2D eigenvalue weighted by atomic mass is 9.98. The lowest BCUT2D eigenvalue weighted by Gasteiger charge is -2.42. The summed E-state index contributed by atoms with van der Waals surface area (Å²) in [5.74, 6) is -0.386. The number of aliphatic hydroxyl groups excluding tert-OH is 7. The van der Waals surface area contributed by atoms with Crippen LogP contribution in [-0.4, -0.2) is 142 Å². The zero-order valence-electron chi connectivity index (χ0n) is 43.8. The molecule has 0 radical (unpaired) electrons. The Morgan fingerprint density at radius 3 is 1.39 bits per heavy atom. The number of unbranched alkanes of at least 4 members (excludes halogenated alkanes) is 25. The Kier molecular flexibility index (Phi) is 40.1. The molecule has 7 N–H and O–H groups in total. The van der Waals surface area contributed by atoms with Gasteiger partial charge in [0.15, 0.2) is 12.6 Å². The van der Waals surface area contributed by atoms with E-state index >= 15 is 0 Å². The van der Waals surface area contributed by atoms with Crippen molar-refractivity contribution < 1.29 is 69.0 Å². The van der Waals surface area contributed by atoms with E-state index in [9.17, 15) is 40.5 Å². The first kappa shape index (κ1) is 64.3. The maximum Gasteiger partial charge on any atom is 0.306 e. The first-order valence-electron chi connectivity index (χ1n) is 28.1. The number of hydrogen-bond donors (Lipinski definition) is 7. The fourth-order valence-electron chi connectivity index (χ4n) is 8.82. The van der Waals surface area contributed by atoms with Crippen LogP contribution < -0.4 is 0 Å². The van der Waals surface area contributed by atoms with Crippen LogP contribution in [0, 0.1) is 0 Å². The van der Waals surface area contributed by atoms with Gasteiger partial charge in [-0.15, -0.1) is 0 Å². The predicted octanol–water partition coefficient (Wildman–Crippen LogP) is 9.36. The van der Waals surface area contributed by atoms with E-state index in [1.165, 1.54) is 116 Å². The summed E-state index contributed by atoms with van der Waals surface area (Å²) in [6.45, 7) is 3.69. The van der Waals surface area contributed by atoms with Crippen LogP contribution in [0.25, 0.3) is 0 Å². The molecule has 0 aliphatic carbocycles. The molecule has 0 spiro atoms. The fraction of sp³-hybridized carbons (Fsp3) is 0.875. The second-order valence-corrected chi connectivity index (χ2v) is 19.8. The quantitative estimate of drug-likeness (QED) is 0.0172. The standard InChI is InChI=1S/C56H102O14/c1-3-5-7-9-11-13-15-17-19-20-21-22-23-24-25-27-29-31-33-35-37-39-48(58)68-45(42-65-40-38-36-34-32-30-28-26-18-16-14-12-10-8-6-4-2)43-66-55-54(64)52(62)50(60)47(70-55)44-67-56-53(63)51(61)49(59)46(41-57)69-56/h15,17,20-21,23-24,45-47,49-57,59-64H,3-14,16,18-19,22,25-44H2,1-2H3/b17-15-,21-20-,24-23-. The van der Waals surface area contributed by atoms with Crippen molar-refractivity contribution in [3.8, 4) is 0 Å². The van der Waals surface area contributed by atoms with Crippen LogP contribution in [0.2, 0.25) is 0 Å². The average molecular weight is 999 g/mol. The maximum absolute atomic E-state index is 13.0. The number of hydrogen-bond acceptors (Lipinski definition) is 14. The minimum Gasteiger partial charge on any atom is -0.457 e. The minimum atomic E-state index is -1.71. The molecule has 0 aromatic carbocycles. The van der Waals surface area contributed by atoms with Gasteiger partial charge in [-0.1, -0.05) is 192 Å². The van der Waals surface area contributed by atoms with E-state index in [-0.39, 0.29) is 25.6 Å². The van der Waals surface area contributed by atoms with Gasteiger partial charge in [0.2, 0.25) is 0 Å². The summed E-state index contributed by atoms with van der Waals surface area (Å²) in [5.41, 5.74) is 0. The zero-order chi connectivity index (χ0) is 50.9. The van der Waals surface area contributed by atoms with Crippen LogP contribution in [0.15, 0.2) is 36.5 Å². The van der Waals surface area contributed by atoms with E-state index in [1.54, 1.807) is 0 Å². The van der Waals surface area contributed by atoms with Crippen LogP contribution in [0.4, 0.5) is 0 Å². The zero-order valence-corrected chi connectivity index (χ0v) is 43.8. The highest BCUT2D eigenvalue weighted by atomic mass is 16.7. The molecule has 2 saturated heterocycles. The number of aliphatic hydroxyl groups is 7. The minimum absolute atomic E-state index is 0.0589. The van der Waals surface area contributed by atoms with Crippen LogP contribution in [0.5, 0.6) is 0 Å². The van der Waals surface area contributed by atoms with Gasteiger partial charge in [-0.2, -0.15) is 0 Å². The van der Waals surface area contributed by atoms with E-state index < -0.39 is 80.7 Å². The van der Waals surface area contributed by atoms with Gasteiger partial charge in [0.25, 0.3) is 0 Å². The Bertz CT molecular complexity index is 1300. The summed E-state index contributed by atoms with van der Waals surface area (Å²) >= 11 is 0. The van der Waals surface area contributed by atoms with Crippen LogP contribution in [0.1, 0.15) is 213 Å². The Morgan fingerprint density at radius 2 is 0.886 bits per heavy atom. The van der Waals surface area contributed by atoms with Gasteiger partial charge in [-0.25, -0.2) is 0 Å². The van der Waals surface area contributed by atoms with E-state index in [2.05, 4.69) is 50.3 Å². The molecule has 11 unspecified atom stereocenters. The molecule has 410 valence electrons. The summed E-state index contributed by atoms with van der Waals surface area (Å²) in [6.07, 6.45) is 33.4. The second-order valence-electron chi connectivity index (χ2n) is 19.8. The van der Waals surface area contributed by atoms with E-state index in [1.807, 2.05) is 0 Å². The third-order valence-corrected chi connectivity index (χ3v) is 13.4. The van der Waals surface area contributed by atoms with E-state index in [0.717, 1.165) is 70.6 Å². The molecule has 2 aliphatic heterocycles. The number of carbonyl (C=O) groups excluding carboxylic acids is 1. The van der Waals surface area contributed by atoms with Crippen molar-refractivity contribution in [2.24, 2.45) is 0 Å². The number of allylic oxidation sites excluding steroid dienone is 6. The Morgan fingerprint density at radius 1 is 0.471 bits per heavy atom. The van der Waals surface area contributed by atoms with Crippen molar-refractivity contribution in [3.05, 3.63) is 36.5 Å².